The van der Waals surface area contributed by atoms with E-state index in [4.69, 9.17) is 0 Å². The van der Waals surface area contributed by atoms with Crippen LogP contribution in [-0.2, 0) is 10.0 Å². The Morgan fingerprint density at radius 2 is 2.27 bits per heavy atom. The summed E-state index contributed by atoms with van der Waals surface area (Å²) in [6, 6.07) is 0. The molecule has 0 amide bonds. The predicted molar refractivity (Wildman–Crippen MR) is 66.6 cm³/mol. The van der Waals surface area contributed by atoms with E-state index in [2.05, 4.69) is 37.5 Å². The Morgan fingerprint density at radius 1 is 1.53 bits per heavy atom. The summed E-state index contributed by atoms with van der Waals surface area (Å²) in [5.74, 6) is 0. The van der Waals surface area contributed by atoms with E-state index < -0.39 is 10.0 Å². The summed E-state index contributed by atoms with van der Waals surface area (Å²) in [4.78, 5) is 0.233. The molecule has 0 atom stereocenters. The molecule has 0 aliphatic rings. The molecule has 5 nitrogen and oxygen atoms in total. The van der Waals surface area contributed by atoms with Gasteiger partial charge in [0, 0.05) is 6.54 Å². The smallest absolute Gasteiger partial charge is 0.243 e. The molecule has 0 fully saturated rings. The van der Waals surface area contributed by atoms with Gasteiger partial charge in [-0.1, -0.05) is 22.6 Å². The normalized spacial score (nSPS) is 11.9. The first-order valence-electron chi connectivity index (χ1n) is 4.63. The van der Waals surface area contributed by atoms with Crippen molar-refractivity contribution in [1.29, 1.82) is 0 Å². The maximum absolute atomic E-state index is 11.7. The van der Waals surface area contributed by atoms with E-state index in [-0.39, 0.29) is 4.90 Å². The highest BCUT2D eigenvalue weighted by Crippen LogP contribution is 2.10. The Kier molecular flexibility index (Phi) is 5.00. The average Bonchev–Trinajstić information content (AvgIpc) is 2.60. The van der Waals surface area contributed by atoms with E-state index >= 15 is 0 Å². The number of H-pyrrole nitrogens is 1. The van der Waals surface area contributed by atoms with Gasteiger partial charge in [0.1, 0.15) is 4.90 Å². The van der Waals surface area contributed by atoms with Gasteiger partial charge in [0.2, 0.25) is 10.0 Å². The van der Waals surface area contributed by atoms with Crippen LogP contribution in [0.3, 0.4) is 0 Å². The minimum absolute atomic E-state index is 0.233. The minimum atomic E-state index is -3.37. The molecule has 1 aromatic heterocycles. The molecular formula is C8H14IN3O2S. The molecule has 7 heteroatoms. The standard InChI is InChI=1S/C8H14IN3O2S/c1-7-8(6-10-12-7)15(13,14)11-5-3-2-4-9/h6,11H,2-5H2,1H3,(H,10,12). The lowest BCUT2D eigenvalue weighted by atomic mass is 10.3. The maximum Gasteiger partial charge on any atom is 0.243 e. The van der Waals surface area contributed by atoms with Crippen LogP contribution in [0, 0.1) is 6.92 Å². The van der Waals surface area contributed by atoms with Gasteiger partial charge in [0.15, 0.2) is 0 Å². The molecule has 0 aliphatic heterocycles. The second-order valence-corrected chi connectivity index (χ2v) is 5.97. The van der Waals surface area contributed by atoms with Crippen LogP contribution in [0.4, 0.5) is 0 Å². The minimum Gasteiger partial charge on any atom is -0.281 e. The summed E-state index contributed by atoms with van der Waals surface area (Å²) in [5, 5.41) is 6.29. The summed E-state index contributed by atoms with van der Waals surface area (Å²) in [7, 11) is -3.37. The topological polar surface area (TPSA) is 74.8 Å². The van der Waals surface area contributed by atoms with E-state index in [1.54, 1.807) is 6.92 Å². The third-order valence-electron chi connectivity index (χ3n) is 1.93. The Morgan fingerprint density at radius 3 is 2.80 bits per heavy atom. The van der Waals surface area contributed by atoms with Crippen LogP contribution in [0.1, 0.15) is 18.5 Å². The van der Waals surface area contributed by atoms with Crippen molar-refractivity contribution in [2.75, 3.05) is 11.0 Å². The Balaban J connectivity index is 2.57. The number of rotatable bonds is 6. The molecule has 86 valence electrons. The summed E-state index contributed by atoms with van der Waals surface area (Å²) in [6.07, 6.45) is 3.21. The van der Waals surface area contributed by atoms with Gasteiger partial charge >= 0.3 is 0 Å². The van der Waals surface area contributed by atoms with Crippen LogP contribution >= 0.6 is 22.6 Å². The molecule has 0 aromatic carbocycles. The number of sulfonamides is 1. The van der Waals surface area contributed by atoms with Gasteiger partial charge in [0.25, 0.3) is 0 Å². The van der Waals surface area contributed by atoms with Crippen molar-refractivity contribution in [2.45, 2.75) is 24.7 Å². The lowest BCUT2D eigenvalue weighted by molar-refractivity contribution is 0.578. The molecule has 0 unspecified atom stereocenters. The highest BCUT2D eigenvalue weighted by atomic mass is 127. The van der Waals surface area contributed by atoms with E-state index in [1.807, 2.05) is 0 Å². The Hall–Kier alpha value is -0.150. The molecule has 1 aromatic rings. The molecule has 1 heterocycles. The number of hydrogen-bond acceptors (Lipinski definition) is 3. The van der Waals surface area contributed by atoms with Gasteiger partial charge in [-0.25, -0.2) is 13.1 Å². The molecule has 0 saturated heterocycles. The van der Waals surface area contributed by atoms with Gasteiger partial charge in [-0.15, -0.1) is 0 Å². The van der Waals surface area contributed by atoms with Gasteiger partial charge in [-0.2, -0.15) is 5.10 Å². The predicted octanol–water partition coefficient (Wildman–Crippen LogP) is 1.21. The number of unbranched alkanes of at least 4 members (excludes halogenated alkanes) is 1. The van der Waals surface area contributed by atoms with Crippen molar-refractivity contribution >= 4 is 32.6 Å². The molecule has 2 N–H and O–H groups in total. The zero-order valence-corrected chi connectivity index (χ0v) is 11.4. The van der Waals surface area contributed by atoms with E-state index in [0.717, 1.165) is 17.3 Å². The molecule has 15 heavy (non-hydrogen) atoms. The van der Waals surface area contributed by atoms with Crippen LogP contribution in [0.15, 0.2) is 11.1 Å². The van der Waals surface area contributed by atoms with Crippen molar-refractivity contribution in [2.24, 2.45) is 0 Å². The number of halogens is 1. The summed E-state index contributed by atoms with van der Waals surface area (Å²) >= 11 is 2.27. The van der Waals surface area contributed by atoms with Gasteiger partial charge < -0.3 is 0 Å². The van der Waals surface area contributed by atoms with Crippen LogP contribution in [0.2, 0.25) is 0 Å². The van der Waals surface area contributed by atoms with E-state index in [9.17, 15) is 8.42 Å². The van der Waals surface area contributed by atoms with Crippen molar-refractivity contribution in [3.05, 3.63) is 11.9 Å². The first-order valence-corrected chi connectivity index (χ1v) is 7.64. The second-order valence-electron chi connectivity index (χ2n) is 3.15. The third-order valence-corrected chi connectivity index (χ3v) is 4.26. The van der Waals surface area contributed by atoms with Gasteiger partial charge in [0.05, 0.1) is 11.9 Å². The first-order chi connectivity index (χ1) is 7.08. The molecule has 1 rings (SSSR count). The van der Waals surface area contributed by atoms with Crippen LogP contribution in [-0.4, -0.2) is 29.6 Å². The number of aromatic amines is 1. The number of hydrogen-bond donors (Lipinski definition) is 2. The number of nitrogens with one attached hydrogen (secondary N) is 2. The first kappa shape index (κ1) is 12.9. The molecule has 0 saturated carbocycles. The second kappa shape index (κ2) is 5.80. The Labute approximate surface area is 103 Å². The van der Waals surface area contributed by atoms with Crippen LogP contribution < -0.4 is 4.72 Å². The monoisotopic (exact) mass is 343 g/mol. The average molecular weight is 343 g/mol. The Bertz CT molecular complexity index is 402. The van der Waals surface area contributed by atoms with Crippen LogP contribution in [0.5, 0.6) is 0 Å². The highest BCUT2D eigenvalue weighted by molar-refractivity contribution is 14.1. The quantitative estimate of drug-likeness (QED) is 0.463. The number of nitrogens with zero attached hydrogens (tertiary/aromatic N) is 1. The van der Waals surface area contributed by atoms with Gasteiger partial charge in [-0.3, -0.25) is 5.10 Å². The highest BCUT2D eigenvalue weighted by Gasteiger charge is 2.17. The molecule has 0 radical (unpaired) electrons. The molecule has 0 aliphatic carbocycles. The summed E-state index contributed by atoms with van der Waals surface area (Å²) in [6.45, 7) is 2.17. The third kappa shape index (κ3) is 3.72. The van der Waals surface area contributed by atoms with Crippen LogP contribution in [0.25, 0.3) is 0 Å². The molecule has 0 bridgehead atoms. The largest absolute Gasteiger partial charge is 0.281 e. The van der Waals surface area contributed by atoms with Crippen molar-refractivity contribution < 1.29 is 8.42 Å². The zero-order chi connectivity index (χ0) is 11.3. The van der Waals surface area contributed by atoms with E-state index in [1.165, 1.54) is 6.20 Å². The number of alkyl halides is 1. The summed E-state index contributed by atoms with van der Waals surface area (Å²) < 4.78 is 27.0. The number of aryl methyl sites for hydroxylation is 1. The lowest BCUT2D eigenvalue weighted by Crippen LogP contribution is -2.25. The lowest BCUT2D eigenvalue weighted by Gasteiger charge is -2.04. The molecule has 0 spiro atoms. The van der Waals surface area contributed by atoms with Crippen molar-refractivity contribution in [1.82, 2.24) is 14.9 Å². The fraction of sp³-hybridized carbons (Fsp3) is 0.625. The maximum atomic E-state index is 11.7. The van der Waals surface area contributed by atoms with Crippen molar-refractivity contribution in [3.8, 4) is 0 Å². The molecular weight excluding hydrogens is 329 g/mol. The van der Waals surface area contributed by atoms with Gasteiger partial charge in [-0.05, 0) is 24.2 Å². The SMILES string of the molecule is Cc1[nH]ncc1S(=O)(=O)NCCCCI. The van der Waals surface area contributed by atoms with E-state index in [0.29, 0.717) is 12.2 Å². The fourth-order valence-corrected chi connectivity index (χ4v) is 2.86. The van der Waals surface area contributed by atoms with Crippen molar-refractivity contribution in [3.63, 3.8) is 0 Å². The zero-order valence-electron chi connectivity index (χ0n) is 8.46. The summed E-state index contributed by atoms with van der Waals surface area (Å²) in [5.41, 5.74) is 0.566. The number of aromatic nitrogens is 2. The fourth-order valence-electron chi connectivity index (χ4n) is 1.11.